The van der Waals surface area contributed by atoms with E-state index < -0.39 is 0 Å². The van der Waals surface area contributed by atoms with Crippen molar-refractivity contribution in [3.8, 4) is 17.3 Å². The van der Waals surface area contributed by atoms with Gasteiger partial charge < -0.3 is 15.3 Å². The summed E-state index contributed by atoms with van der Waals surface area (Å²) in [6.45, 7) is 0.271. The van der Waals surface area contributed by atoms with E-state index >= 15 is 0 Å². The molecule has 1 saturated carbocycles. The van der Waals surface area contributed by atoms with Crippen molar-refractivity contribution in [3.05, 3.63) is 29.6 Å². The van der Waals surface area contributed by atoms with Crippen LogP contribution in [-0.2, 0) is 17.6 Å². The van der Waals surface area contributed by atoms with Gasteiger partial charge in [0.15, 0.2) is 5.82 Å². The van der Waals surface area contributed by atoms with Gasteiger partial charge in [0.05, 0.1) is 6.54 Å². The molecule has 2 N–H and O–H groups in total. The molecule has 0 saturated heterocycles. The van der Waals surface area contributed by atoms with Gasteiger partial charge in [0.25, 0.3) is 0 Å². The molecular formula is C21H27N5O2. The summed E-state index contributed by atoms with van der Waals surface area (Å²) < 4.78 is 0. The van der Waals surface area contributed by atoms with Gasteiger partial charge in [-0.15, -0.1) is 0 Å². The molecule has 0 bridgehead atoms. The number of nitrogens with one attached hydrogen (secondary N) is 1. The monoisotopic (exact) mass is 381 g/mol. The molecule has 1 fully saturated rings. The fourth-order valence-electron chi connectivity index (χ4n) is 4.20. The zero-order chi connectivity index (χ0) is 19.5. The summed E-state index contributed by atoms with van der Waals surface area (Å²) in [6.07, 6.45) is 10.2. The molecule has 2 aliphatic carbocycles. The average molecular weight is 381 g/mol. The molecule has 0 atom stereocenters. The Labute approximate surface area is 165 Å². The topological polar surface area (TPSA) is 91.2 Å². The van der Waals surface area contributed by atoms with E-state index in [1.807, 2.05) is 11.9 Å². The van der Waals surface area contributed by atoms with Crippen LogP contribution in [0.25, 0.3) is 11.5 Å². The van der Waals surface area contributed by atoms with Gasteiger partial charge in [-0.25, -0.2) is 9.97 Å². The highest BCUT2D eigenvalue weighted by molar-refractivity contribution is 5.81. The maximum absolute atomic E-state index is 12.6. The second kappa shape index (κ2) is 8.12. The third-order valence-electron chi connectivity index (χ3n) is 5.60. The Morgan fingerprint density at radius 2 is 2.04 bits per heavy atom. The van der Waals surface area contributed by atoms with Gasteiger partial charge in [-0.05, 0) is 38.2 Å². The predicted molar refractivity (Wildman–Crippen MR) is 107 cm³/mol. The first-order valence-corrected chi connectivity index (χ1v) is 10.2. The molecule has 2 aromatic rings. The highest BCUT2D eigenvalue weighted by Gasteiger charge is 2.24. The molecule has 148 valence electrons. The Balaban J connectivity index is 1.55. The standard InChI is InChI=1S/C21H27N5O2/c1-26(13-19(28)23-14-6-3-2-4-7-14)21-16-8-5-9-17(16)24-20(25-21)18-12-15(27)10-11-22-18/h10-12,14H,2-9,13H2,1H3,(H,22,27)(H,23,28). The summed E-state index contributed by atoms with van der Waals surface area (Å²) in [5.74, 6) is 1.46. The first-order chi connectivity index (χ1) is 13.6. The maximum Gasteiger partial charge on any atom is 0.239 e. The number of likely N-dealkylation sites (N-methyl/N-ethyl adjacent to an activating group) is 1. The molecule has 0 aromatic carbocycles. The molecule has 2 aromatic heterocycles. The Kier molecular flexibility index (Phi) is 5.41. The maximum atomic E-state index is 12.6. The van der Waals surface area contributed by atoms with Crippen LogP contribution in [0.5, 0.6) is 5.75 Å². The van der Waals surface area contributed by atoms with E-state index in [0.717, 1.165) is 49.2 Å². The molecule has 7 heteroatoms. The molecule has 4 rings (SSSR count). The van der Waals surface area contributed by atoms with Crippen LogP contribution in [0.2, 0.25) is 0 Å². The Morgan fingerprint density at radius 1 is 1.21 bits per heavy atom. The summed E-state index contributed by atoms with van der Waals surface area (Å²) in [6, 6.07) is 3.40. The number of anilines is 1. The first kappa shape index (κ1) is 18.7. The minimum absolute atomic E-state index is 0.0387. The van der Waals surface area contributed by atoms with E-state index in [-0.39, 0.29) is 18.2 Å². The molecule has 0 spiro atoms. The normalized spacial score (nSPS) is 16.6. The van der Waals surface area contributed by atoms with Crippen molar-refractivity contribution < 1.29 is 9.90 Å². The number of nitrogens with zero attached hydrogens (tertiary/aromatic N) is 4. The Morgan fingerprint density at radius 3 is 2.82 bits per heavy atom. The smallest absolute Gasteiger partial charge is 0.239 e. The molecule has 28 heavy (non-hydrogen) atoms. The van der Waals surface area contributed by atoms with E-state index in [0.29, 0.717) is 17.6 Å². The molecule has 7 nitrogen and oxygen atoms in total. The number of aromatic nitrogens is 3. The molecule has 2 heterocycles. The van der Waals surface area contributed by atoms with Crippen LogP contribution in [0.4, 0.5) is 5.82 Å². The number of carbonyl (C=O) groups excluding carboxylic acids is 1. The van der Waals surface area contributed by atoms with Crippen molar-refractivity contribution in [2.75, 3.05) is 18.5 Å². The molecule has 1 amide bonds. The number of carbonyl (C=O) groups is 1. The van der Waals surface area contributed by atoms with E-state index in [1.165, 1.54) is 25.3 Å². The van der Waals surface area contributed by atoms with E-state index in [2.05, 4.69) is 15.3 Å². The van der Waals surface area contributed by atoms with Gasteiger partial charge in [-0.2, -0.15) is 0 Å². The fourth-order valence-corrected chi connectivity index (χ4v) is 4.20. The van der Waals surface area contributed by atoms with Crippen molar-refractivity contribution >= 4 is 11.7 Å². The summed E-state index contributed by atoms with van der Waals surface area (Å²) in [5.41, 5.74) is 2.68. The van der Waals surface area contributed by atoms with Gasteiger partial charge in [-0.3, -0.25) is 9.78 Å². The predicted octanol–water partition coefficient (Wildman–Crippen LogP) is 2.62. The van der Waals surface area contributed by atoms with Gasteiger partial charge in [0.2, 0.25) is 5.91 Å². The lowest BCUT2D eigenvalue weighted by Gasteiger charge is -2.25. The van der Waals surface area contributed by atoms with E-state index in [9.17, 15) is 9.90 Å². The van der Waals surface area contributed by atoms with Gasteiger partial charge in [0.1, 0.15) is 17.3 Å². The molecule has 2 aliphatic rings. The van der Waals surface area contributed by atoms with Crippen LogP contribution in [-0.4, -0.2) is 45.6 Å². The minimum atomic E-state index is 0.0387. The van der Waals surface area contributed by atoms with Crippen LogP contribution in [0, 0.1) is 0 Å². The van der Waals surface area contributed by atoms with Gasteiger partial charge in [-0.1, -0.05) is 19.3 Å². The molecule has 0 radical (unpaired) electrons. The molecular weight excluding hydrogens is 354 g/mol. The zero-order valence-corrected chi connectivity index (χ0v) is 16.3. The fraction of sp³-hybridized carbons (Fsp3) is 0.524. The summed E-state index contributed by atoms with van der Waals surface area (Å²) in [5, 5.41) is 12.9. The Bertz CT molecular complexity index is 864. The summed E-state index contributed by atoms with van der Waals surface area (Å²) in [7, 11) is 1.90. The Hall–Kier alpha value is -2.70. The highest BCUT2D eigenvalue weighted by Crippen LogP contribution is 2.31. The zero-order valence-electron chi connectivity index (χ0n) is 16.3. The van der Waals surface area contributed by atoms with E-state index in [4.69, 9.17) is 4.98 Å². The largest absolute Gasteiger partial charge is 0.508 e. The summed E-state index contributed by atoms with van der Waals surface area (Å²) >= 11 is 0. The number of fused-ring (bicyclic) bond motifs is 1. The van der Waals surface area contributed by atoms with Crippen molar-refractivity contribution in [2.24, 2.45) is 0 Å². The van der Waals surface area contributed by atoms with E-state index in [1.54, 1.807) is 12.3 Å². The third-order valence-corrected chi connectivity index (χ3v) is 5.60. The summed E-state index contributed by atoms with van der Waals surface area (Å²) in [4.78, 5) is 28.1. The van der Waals surface area contributed by atoms with Crippen molar-refractivity contribution in [1.82, 2.24) is 20.3 Å². The van der Waals surface area contributed by atoms with Crippen LogP contribution < -0.4 is 10.2 Å². The minimum Gasteiger partial charge on any atom is -0.508 e. The highest BCUT2D eigenvalue weighted by atomic mass is 16.3. The van der Waals surface area contributed by atoms with Crippen molar-refractivity contribution in [1.29, 1.82) is 0 Å². The number of hydrogen-bond donors (Lipinski definition) is 2. The van der Waals surface area contributed by atoms with Crippen LogP contribution in [0.3, 0.4) is 0 Å². The number of amides is 1. The molecule has 0 unspecified atom stereocenters. The second-order valence-corrected chi connectivity index (χ2v) is 7.81. The number of pyridine rings is 1. The lowest BCUT2D eigenvalue weighted by molar-refractivity contribution is -0.120. The van der Waals surface area contributed by atoms with Gasteiger partial charge >= 0.3 is 0 Å². The second-order valence-electron chi connectivity index (χ2n) is 7.81. The third kappa shape index (κ3) is 4.08. The number of rotatable bonds is 5. The molecule has 0 aliphatic heterocycles. The number of aromatic hydroxyl groups is 1. The van der Waals surface area contributed by atoms with Crippen molar-refractivity contribution in [3.63, 3.8) is 0 Å². The van der Waals surface area contributed by atoms with Crippen molar-refractivity contribution in [2.45, 2.75) is 57.4 Å². The van der Waals surface area contributed by atoms with Crippen LogP contribution in [0.1, 0.15) is 49.8 Å². The van der Waals surface area contributed by atoms with Crippen LogP contribution in [0.15, 0.2) is 18.3 Å². The van der Waals surface area contributed by atoms with Crippen LogP contribution >= 0.6 is 0 Å². The lowest BCUT2D eigenvalue weighted by Crippen LogP contribution is -2.42. The SMILES string of the molecule is CN(CC(=O)NC1CCCCC1)c1nc(-c2cc(O)ccn2)nc2c1CCC2. The average Bonchev–Trinajstić information content (AvgIpc) is 3.16. The number of hydrogen-bond acceptors (Lipinski definition) is 6. The quantitative estimate of drug-likeness (QED) is 0.827. The first-order valence-electron chi connectivity index (χ1n) is 10.2. The van der Waals surface area contributed by atoms with Gasteiger partial charge in [0, 0.05) is 36.6 Å². The lowest BCUT2D eigenvalue weighted by atomic mass is 9.95. The number of aryl methyl sites for hydroxylation is 1.